The summed E-state index contributed by atoms with van der Waals surface area (Å²) < 4.78 is 0.831. The third-order valence-corrected chi connectivity index (χ3v) is 3.46. The van der Waals surface area contributed by atoms with Gasteiger partial charge in [0.25, 0.3) is 0 Å². The number of carboxylic acid groups (broad SMARTS) is 1. The predicted molar refractivity (Wildman–Crippen MR) is 71.4 cm³/mol. The van der Waals surface area contributed by atoms with E-state index in [0.29, 0.717) is 0 Å². The van der Waals surface area contributed by atoms with Gasteiger partial charge in [-0.1, -0.05) is 0 Å². The fourth-order valence-corrected chi connectivity index (χ4v) is 2.70. The van der Waals surface area contributed by atoms with Crippen LogP contribution in [0.25, 0.3) is 0 Å². The van der Waals surface area contributed by atoms with E-state index < -0.39 is 6.09 Å². The first-order valence-electron chi connectivity index (χ1n) is 5.96. The molecule has 1 aliphatic heterocycles. The molecule has 2 heterocycles. The lowest BCUT2D eigenvalue weighted by Gasteiger charge is -2.32. The van der Waals surface area contributed by atoms with E-state index in [-0.39, 0.29) is 6.04 Å². The third-order valence-electron chi connectivity index (χ3n) is 3.03. The zero-order valence-electron chi connectivity index (χ0n) is 9.97. The zero-order valence-corrected chi connectivity index (χ0v) is 11.6. The number of likely N-dealkylation sites (tertiary alicyclic amines) is 1. The van der Waals surface area contributed by atoms with Gasteiger partial charge in [-0.15, -0.1) is 0 Å². The van der Waals surface area contributed by atoms with Crippen molar-refractivity contribution in [3.05, 3.63) is 28.5 Å². The summed E-state index contributed by atoms with van der Waals surface area (Å²) >= 11 is 3.35. The minimum absolute atomic E-state index is 0.0431. The fraction of sp³-hybridized carbons (Fsp3) is 0.500. The summed E-state index contributed by atoms with van der Waals surface area (Å²) in [5.74, 6) is 0. The van der Waals surface area contributed by atoms with Crippen LogP contribution in [0.4, 0.5) is 4.79 Å². The van der Waals surface area contributed by atoms with Crippen LogP contribution in [0.1, 0.15) is 18.4 Å². The SMILES string of the molecule is O=C(O)NC1CCCN(Cc2ccnc(Br)c2)C1. The first-order chi connectivity index (χ1) is 8.63. The van der Waals surface area contributed by atoms with Gasteiger partial charge >= 0.3 is 6.09 Å². The quantitative estimate of drug-likeness (QED) is 0.839. The molecule has 1 amide bonds. The summed E-state index contributed by atoms with van der Waals surface area (Å²) in [6.45, 7) is 2.61. The smallest absolute Gasteiger partial charge is 0.404 e. The van der Waals surface area contributed by atoms with Crippen molar-refractivity contribution >= 4 is 22.0 Å². The molecule has 0 aliphatic carbocycles. The van der Waals surface area contributed by atoms with Crippen LogP contribution >= 0.6 is 15.9 Å². The van der Waals surface area contributed by atoms with E-state index in [9.17, 15) is 4.79 Å². The highest BCUT2D eigenvalue weighted by molar-refractivity contribution is 9.10. The van der Waals surface area contributed by atoms with Gasteiger partial charge in [0.2, 0.25) is 0 Å². The maximum atomic E-state index is 10.6. The van der Waals surface area contributed by atoms with Crippen LogP contribution in [0, 0.1) is 0 Å². The van der Waals surface area contributed by atoms with Crippen LogP contribution in [0.3, 0.4) is 0 Å². The number of pyridine rings is 1. The van der Waals surface area contributed by atoms with Crippen molar-refractivity contribution in [3.63, 3.8) is 0 Å². The Morgan fingerprint density at radius 1 is 1.67 bits per heavy atom. The molecule has 0 spiro atoms. The van der Waals surface area contributed by atoms with Crippen molar-refractivity contribution in [2.24, 2.45) is 0 Å². The number of hydrogen-bond donors (Lipinski definition) is 2. The van der Waals surface area contributed by atoms with Crippen LogP contribution in [-0.2, 0) is 6.54 Å². The summed E-state index contributed by atoms with van der Waals surface area (Å²) in [7, 11) is 0. The van der Waals surface area contributed by atoms with Gasteiger partial charge in [-0.3, -0.25) is 4.90 Å². The van der Waals surface area contributed by atoms with Crippen molar-refractivity contribution in [3.8, 4) is 0 Å². The van der Waals surface area contributed by atoms with Crippen LogP contribution in [0.15, 0.2) is 22.9 Å². The van der Waals surface area contributed by atoms with Crippen LogP contribution in [0.5, 0.6) is 0 Å². The Hall–Kier alpha value is -1.14. The third kappa shape index (κ3) is 3.96. The summed E-state index contributed by atoms with van der Waals surface area (Å²) in [6.07, 6.45) is 2.78. The Morgan fingerprint density at radius 3 is 3.22 bits per heavy atom. The number of aromatic nitrogens is 1. The van der Waals surface area contributed by atoms with Crippen molar-refractivity contribution in [1.82, 2.24) is 15.2 Å². The van der Waals surface area contributed by atoms with Crippen molar-refractivity contribution in [2.45, 2.75) is 25.4 Å². The van der Waals surface area contributed by atoms with E-state index in [1.54, 1.807) is 6.20 Å². The van der Waals surface area contributed by atoms with Gasteiger partial charge in [-0.05, 0) is 53.0 Å². The largest absolute Gasteiger partial charge is 0.465 e. The van der Waals surface area contributed by atoms with E-state index >= 15 is 0 Å². The highest BCUT2D eigenvalue weighted by Crippen LogP contribution is 2.15. The number of hydrogen-bond acceptors (Lipinski definition) is 3. The molecule has 6 heteroatoms. The molecular weight excluding hydrogens is 298 g/mol. The molecule has 0 radical (unpaired) electrons. The maximum Gasteiger partial charge on any atom is 0.404 e. The summed E-state index contributed by atoms with van der Waals surface area (Å²) in [5, 5.41) is 11.3. The van der Waals surface area contributed by atoms with Gasteiger partial charge < -0.3 is 10.4 Å². The molecule has 98 valence electrons. The summed E-state index contributed by atoms with van der Waals surface area (Å²) in [5.41, 5.74) is 1.19. The zero-order chi connectivity index (χ0) is 13.0. The average Bonchev–Trinajstić information content (AvgIpc) is 2.28. The van der Waals surface area contributed by atoms with Crippen LogP contribution in [0.2, 0.25) is 0 Å². The molecule has 1 aromatic heterocycles. The number of rotatable bonds is 3. The van der Waals surface area contributed by atoms with Crippen molar-refractivity contribution < 1.29 is 9.90 Å². The van der Waals surface area contributed by atoms with E-state index in [1.165, 1.54) is 5.56 Å². The van der Waals surface area contributed by atoms with E-state index in [1.807, 2.05) is 12.1 Å². The Kier molecular flexibility index (Phi) is 4.54. The molecule has 0 bridgehead atoms. The maximum absolute atomic E-state index is 10.6. The molecule has 1 aromatic rings. The van der Waals surface area contributed by atoms with Crippen LogP contribution < -0.4 is 5.32 Å². The molecule has 0 aromatic carbocycles. The van der Waals surface area contributed by atoms with E-state index in [0.717, 1.165) is 37.1 Å². The predicted octanol–water partition coefficient (Wildman–Crippen LogP) is 2.08. The molecule has 1 aliphatic rings. The number of nitrogens with one attached hydrogen (secondary N) is 1. The molecule has 5 nitrogen and oxygen atoms in total. The lowest BCUT2D eigenvalue weighted by Crippen LogP contribution is -2.46. The van der Waals surface area contributed by atoms with Gasteiger partial charge in [-0.2, -0.15) is 0 Å². The molecular formula is C12H16BrN3O2. The minimum atomic E-state index is -0.937. The molecule has 0 saturated carbocycles. The van der Waals surface area contributed by atoms with E-state index in [2.05, 4.69) is 31.1 Å². The number of nitrogens with zero attached hydrogens (tertiary/aromatic N) is 2. The molecule has 1 unspecified atom stereocenters. The molecule has 18 heavy (non-hydrogen) atoms. The summed E-state index contributed by atoms with van der Waals surface area (Å²) in [6, 6.07) is 4.02. The Morgan fingerprint density at radius 2 is 2.50 bits per heavy atom. The van der Waals surface area contributed by atoms with Gasteiger partial charge in [0, 0.05) is 25.3 Å². The highest BCUT2D eigenvalue weighted by atomic mass is 79.9. The Balaban J connectivity index is 1.91. The number of piperidine rings is 1. The molecule has 2 N–H and O–H groups in total. The molecule has 2 rings (SSSR count). The van der Waals surface area contributed by atoms with Crippen LogP contribution in [-0.4, -0.2) is 40.2 Å². The Bertz CT molecular complexity index is 428. The second-order valence-electron chi connectivity index (χ2n) is 4.51. The van der Waals surface area contributed by atoms with Gasteiger partial charge in [0.15, 0.2) is 0 Å². The highest BCUT2D eigenvalue weighted by Gasteiger charge is 2.21. The first kappa shape index (κ1) is 13.3. The normalized spacial score (nSPS) is 20.6. The number of amides is 1. The topological polar surface area (TPSA) is 65.5 Å². The number of halogens is 1. The number of carbonyl (C=O) groups is 1. The first-order valence-corrected chi connectivity index (χ1v) is 6.75. The standard InChI is InChI=1S/C12H16BrN3O2/c13-11-6-9(3-4-14-11)7-16-5-1-2-10(8-16)15-12(17)18/h3-4,6,10,15H,1-2,5,7-8H2,(H,17,18). The second-order valence-corrected chi connectivity index (χ2v) is 5.32. The molecule has 1 atom stereocenters. The van der Waals surface area contributed by atoms with E-state index in [4.69, 9.17) is 5.11 Å². The van der Waals surface area contributed by atoms with Crippen molar-refractivity contribution in [1.29, 1.82) is 0 Å². The Labute approximate surface area is 114 Å². The second kappa shape index (κ2) is 6.15. The average molecular weight is 314 g/mol. The van der Waals surface area contributed by atoms with Gasteiger partial charge in [-0.25, -0.2) is 9.78 Å². The molecule has 1 fully saturated rings. The van der Waals surface area contributed by atoms with Crippen molar-refractivity contribution in [2.75, 3.05) is 13.1 Å². The lowest BCUT2D eigenvalue weighted by atomic mass is 10.1. The van der Waals surface area contributed by atoms with Gasteiger partial charge in [0.05, 0.1) is 0 Å². The minimum Gasteiger partial charge on any atom is -0.465 e. The lowest BCUT2D eigenvalue weighted by molar-refractivity contribution is 0.160. The van der Waals surface area contributed by atoms with Gasteiger partial charge in [0.1, 0.15) is 4.60 Å². The monoisotopic (exact) mass is 313 g/mol. The fourth-order valence-electron chi connectivity index (χ4n) is 2.29. The molecule has 1 saturated heterocycles. The summed E-state index contributed by atoms with van der Waals surface area (Å²) in [4.78, 5) is 17.0.